The zero-order valence-electron chi connectivity index (χ0n) is 29.9. The largest absolute Gasteiger partial charge is 0.508 e. The molecule has 0 spiro atoms. The van der Waals surface area contributed by atoms with E-state index in [-0.39, 0.29) is 36.1 Å². The number of carbonyl (C=O) groups is 2. The van der Waals surface area contributed by atoms with Gasteiger partial charge in [0.25, 0.3) is 0 Å². The third-order valence-corrected chi connectivity index (χ3v) is 9.54. The van der Waals surface area contributed by atoms with Crippen LogP contribution in [0.25, 0.3) is 5.76 Å². The lowest BCUT2D eigenvalue weighted by atomic mass is 10.0. The van der Waals surface area contributed by atoms with Crippen molar-refractivity contribution in [2.45, 2.75) is 51.3 Å². The van der Waals surface area contributed by atoms with E-state index in [0.717, 1.165) is 33.4 Å². The normalized spacial score (nSPS) is 10.1. The molecule has 3 aromatic heterocycles. The molecule has 1 N–H and O–H groups in total. The van der Waals surface area contributed by atoms with Gasteiger partial charge in [-0.2, -0.15) is 0 Å². The van der Waals surface area contributed by atoms with Crippen LogP contribution < -0.4 is 0 Å². The highest BCUT2D eigenvalue weighted by molar-refractivity contribution is 15.0. The van der Waals surface area contributed by atoms with E-state index in [0.29, 0.717) is 21.6 Å². The topological polar surface area (TPSA) is 161 Å². The number of pyridine rings is 3. The summed E-state index contributed by atoms with van der Waals surface area (Å²) in [6.45, 7) is 10.5. The summed E-state index contributed by atoms with van der Waals surface area (Å²) in [5, 5.41) is 8.88. The number of carbonyl (C=O) groups excluding carboxylic acids is 2. The van der Waals surface area contributed by atoms with E-state index in [2.05, 4.69) is 74.7 Å². The number of aromatic nitrogens is 3. The van der Waals surface area contributed by atoms with Crippen molar-refractivity contribution in [3.05, 3.63) is 154 Å². The molecular weight excluding hydrogens is 1020 g/mol. The van der Waals surface area contributed by atoms with Crippen LogP contribution in [0.5, 0.6) is 0 Å². The number of rotatable bonds is 7. The Hall–Kier alpha value is -3.39. The molecule has 0 radical (unpaired) electrons. The van der Waals surface area contributed by atoms with Gasteiger partial charge in [-0.3, -0.25) is 24.5 Å². The van der Waals surface area contributed by atoms with E-state index >= 15 is 0 Å². The number of hydrogen-bond acceptors (Lipinski definition) is 10. The molecule has 0 atom stereocenters. The molecule has 10 nitrogen and oxygen atoms in total. The van der Waals surface area contributed by atoms with Crippen molar-refractivity contribution < 1.29 is 31.5 Å². The summed E-state index contributed by atoms with van der Waals surface area (Å²) in [5.74, 6) is 0.0876. The Morgan fingerprint density at radius 3 is 1.31 bits per heavy atom. The van der Waals surface area contributed by atoms with Crippen molar-refractivity contribution in [2.75, 3.05) is 12.5 Å². The predicted octanol–water partition coefficient (Wildman–Crippen LogP) is 9.99. The Morgan fingerprint density at radius 1 is 0.648 bits per heavy atom. The summed E-state index contributed by atoms with van der Waals surface area (Å²) in [6, 6.07) is 23.7. The van der Waals surface area contributed by atoms with Gasteiger partial charge in [0, 0.05) is 113 Å². The molecule has 54 heavy (non-hydrogen) atoms. The molecule has 0 saturated carbocycles. The third-order valence-electron chi connectivity index (χ3n) is 6.75. The number of Topliss-reactive ketones (excluding diaryl/α,β-unsaturated/α-hetero) is 2. The number of nitrogens with zero attached hydrogens (tertiary/aromatic N) is 3. The van der Waals surface area contributed by atoms with Crippen LogP contribution in [0, 0.1) is 20.8 Å². The first-order valence-electron chi connectivity index (χ1n) is 15.4. The molecule has 5 aromatic rings. The molecule has 0 aliphatic carbocycles. The second-order valence-corrected chi connectivity index (χ2v) is 16.3. The summed E-state index contributed by atoms with van der Waals surface area (Å²) in [4.78, 5) is 35.4. The Kier molecular flexibility index (Phi) is 23.3. The van der Waals surface area contributed by atoms with Gasteiger partial charge in [0.1, 0.15) is 5.76 Å². The minimum atomic E-state index is -3.20. The van der Waals surface area contributed by atoms with Crippen LogP contribution in [0.2, 0.25) is 0 Å². The lowest BCUT2D eigenvalue weighted by molar-refractivity contribution is 0.0989. The van der Waals surface area contributed by atoms with E-state index in [1.807, 2.05) is 32.9 Å². The molecule has 5 rings (SSSR count). The second-order valence-electron chi connectivity index (χ2n) is 11.3. The van der Waals surface area contributed by atoms with E-state index < -0.39 is 19.7 Å². The van der Waals surface area contributed by atoms with E-state index in [1.54, 1.807) is 79.3 Å². The maximum atomic E-state index is 12.0. The highest BCUT2D eigenvalue weighted by atomic mass is 128. The molecule has 0 fully saturated rings. The number of aliphatic hydroxyl groups is 1. The summed E-state index contributed by atoms with van der Waals surface area (Å²) < 4.78 is 45.4. The van der Waals surface area contributed by atoms with Crippen LogP contribution in [0.15, 0.2) is 124 Å². The maximum Gasteiger partial charge on any atom is 0.175 e. The van der Waals surface area contributed by atoms with Crippen molar-refractivity contribution in [2.24, 2.45) is 0 Å². The summed E-state index contributed by atoms with van der Waals surface area (Å²) in [5.41, 5.74) is 5.41. The molecule has 15 heteroatoms. The van der Waals surface area contributed by atoms with E-state index in [4.69, 9.17) is 5.11 Å². The van der Waals surface area contributed by atoms with Gasteiger partial charge in [-0.05, 0) is 106 Å². The van der Waals surface area contributed by atoms with Crippen LogP contribution in [0.3, 0.4) is 0 Å². The zero-order chi connectivity index (χ0) is 40.4. The Morgan fingerprint density at radius 2 is 1.00 bits per heavy atom. The van der Waals surface area contributed by atoms with Crippen LogP contribution in [-0.2, 0) is 26.1 Å². The molecular formula is C39H44BrI2N3O7S2. The minimum Gasteiger partial charge on any atom is -0.508 e. The lowest BCUT2D eigenvalue weighted by Gasteiger charge is -2.03. The summed E-state index contributed by atoms with van der Waals surface area (Å²) in [7, 11) is -6.24. The smallest absolute Gasteiger partial charge is 0.175 e. The fourth-order valence-corrected chi connectivity index (χ4v) is 5.30. The number of ketones is 2. The molecule has 0 unspecified atom stereocenters. The number of hydrogen-bond donors (Lipinski definition) is 1. The number of benzene rings is 2. The van der Waals surface area contributed by atoms with Gasteiger partial charge < -0.3 is 5.11 Å². The highest BCUT2D eigenvalue weighted by Crippen LogP contribution is 2.15. The maximum absolute atomic E-state index is 12.0. The molecule has 0 saturated heterocycles. The minimum absolute atomic E-state index is 0. The van der Waals surface area contributed by atoms with Gasteiger partial charge in [-0.25, -0.2) is 16.8 Å². The van der Waals surface area contributed by atoms with Gasteiger partial charge in [0.15, 0.2) is 31.2 Å². The molecule has 0 aliphatic rings. The molecule has 0 bridgehead atoms. The van der Waals surface area contributed by atoms with E-state index in [9.17, 15) is 26.4 Å². The predicted molar refractivity (Wildman–Crippen MR) is 238 cm³/mol. The SMILES string of the molecule is C.C=C(O)c1ccc(C)nc1.CC(=O)c1ccc(C)nc1.CS(=O)(=O)c1ccc(Br)cc1.Cc1ccc(C(=O)Cc2ccc(S(C)(=O)=O)cc2)cn1.II. The van der Waals surface area contributed by atoms with Gasteiger partial charge in [0.2, 0.25) is 0 Å². The molecule has 2 aromatic carbocycles. The molecule has 0 amide bonds. The number of sulfone groups is 2. The van der Waals surface area contributed by atoms with Gasteiger partial charge >= 0.3 is 0 Å². The standard InChI is InChI=1S/C15H15NO3S.2C8H9NO.C7H7BrO2S.CH4.I2/c1-11-3-6-13(10-16-11)15(17)9-12-4-7-14(8-5-12)20(2,18)19;2*1-6-3-4-8(5-9-6)7(2)10;1-11(9,10)7-4-2-6(8)3-5-7;;1-2/h3-8,10H,9H2,1-2H3;3-5H,1-2H3;3-5,10H,2H2,1H3;2-5H,1H3;1H4;. The first-order valence-corrected chi connectivity index (χ1v) is 26.2. The Balaban J connectivity index is 0.000000714. The fraction of sp³-hybridized carbons (Fsp3) is 0.205. The Bertz CT molecular complexity index is 2090. The quantitative estimate of drug-likeness (QED) is 0.0944. The fourth-order valence-electron chi connectivity index (χ4n) is 3.77. The summed E-state index contributed by atoms with van der Waals surface area (Å²) >= 11 is 7.46. The van der Waals surface area contributed by atoms with Crippen molar-refractivity contribution in [3.8, 4) is 0 Å². The van der Waals surface area contributed by atoms with Crippen molar-refractivity contribution in [3.63, 3.8) is 0 Å². The number of aliphatic hydroxyl groups excluding tert-OH is 1. The van der Waals surface area contributed by atoms with Crippen LogP contribution in [0.1, 0.15) is 63.3 Å². The van der Waals surface area contributed by atoms with Crippen LogP contribution in [0.4, 0.5) is 0 Å². The third kappa shape index (κ3) is 19.8. The lowest BCUT2D eigenvalue weighted by Crippen LogP contribution is -2.05. The van der Waals surface area contributed by atoms with E-state index in [1.165, 1.54) is 25.3 Å². The second kappa shape index (κ2) is 24.9. The highest BCUT2D eigenvalue weighted by Gasteiger charge is 2.10. The first-order chi connectivity index (χ1) is 24.8. The number of halogens is 3. The zero-order valence-corrected chi connectivity index (χ0v) is 37.5. The van der Waals surface area contributed by atoms with Gasteiger partial charge in [-0.1, -0.05) is 42.1 Å². The van der Waals surface area contributed by atoms with Crippen molar-refractivity contribution in [1.29, 1.82) is 0 Å². The first kappa shape index (κ1) is 50.6. The average molecular weight is 1060 g/mol. The van der Waals surface area contributed by atoms with Crippen LogP contribution in [-0.4, -0.2) is 61.0 Å². The van der Waals surface area contributed by atoms with Gasteiger partial charge in [0.05, 0.1) is 9.79 Å². The Labute approximate surface area is 351 Å². The van der Waals surface area contributed by atoms with Crippen molar-refractivity contribution >= 4 is 90.2 Å². The molecule has 0 aliphatic heterocycles. The van der Waals surface area contributed by atoms with Gasteiger partial charge in [-0.15, -0.1) is 0 Å². The average Bonchev–Trinajstić information content (AvgIpc) is 3.10. The van der Waals surface area contributed by atoms with Crippen molar-refractivity contribution in [1.82, 2.24) is 15.0 Å². The number of aryl methyl sites for hydroxylation is 3. The molecule has 3 heterocycles. The molecule has 290 valence electrons. The monoisotopic (exact) mass is 1060 g/mol. The summed E-state index contributed by atoms with van der Waals surface area (Å²) in [6.07, 6.45) is 7.33. The van der Waals surface area contributed by atoms with Crippen LogP contribution >= 0.6 is 53.2 Å².